The molecule has 0 aliphatic rings. The molecule has 3 rings (SSSR count). The van der Waals surface area contributed by atoms with Gasteiger partial charge in [0.25, 0.3) is 0 Å². The number of rotatable bonds is 5. The van der Waals surface area contributed by atoms with Gasteiger partial charge in [-0.3, -0.25) is 0 Å². The first-order valence-electron chi connectivity index (χ1n) is 7.48. The highest BCUT2D eigenvalue weighted by molar-refractivity contribution is 5.68. The van der Waals surface area contributed by atoms with Gasteiger partial charge < -0.3 is 15.0 Å². The average molecular weight is 306 g/mol. The topological polar surface area (TPSA) is 54.1 Å². The zero-order valence-electron chi connectivity index (χ0n) is 12.6. The largest absolute Gasteiger partial charge is 0.445 e. The van der Waals surface area contributed by atoms with Gasteiger partial charge in [0.2, 0.25) is 0 Å². The summed E-state index contributed by atoms with van der Waals surface area (Å²) in [6.45, 7) is 0.249. The Labute approximate surface area is 135 Å². The van der Waals surface area contributed by atoms with Crippen LogP contribution in [0.1, 0.15) is 22.9 Å². The molecule has 1 amide bonds. The lowest BCUT2D eigenvalue weighted by Gasteiger charge is -2.18. The van der Waals surface area contributed by atoms with E-state index in [-0.39, 0.29) is 12.6 Å². The number of alkyl carbamates (subject to hydrolysis) is 1. The number of aromatic amines is 1. The van der Waals surface area contributed by atoms with E-state index in [1.807, 2.05) is 79.0 Å². The van der Waals surface area contributed by atoms with Gasteiger partial charge in [0, 0.05) is 11.9 Å². The predicted octanol–water partition coefficient (Wildman–Crippen LogP) is 4.03. The van der Waals surface area contributed by atoms with Crippen molar-refractivity contribution in [2.24, 2.45) is 0 Å². The van der Waals surface area contributed by atoms with Crippen molar-refractivity contribution in [2.45, 2.75) is 12.6 Å². The van der Waals surface area contributed by atoms with E-state index in [0.717, 1.165) is 16.8 Å². The van der Waals surface area contributed by atoms with E-state index in [9.17, 15) is 4.79 Å². The third-order valence-electron chi connectivity index (χ3n) is 3.54. The maximum Gasteiger partial charge on any atom is 0.408 e. The van der Waals surface area contributed by atoms with Gasteiger partial charge in [0.1, 0.15) is 6.61 Å². The van der Waals surface area contributed by atoms with Crippen LogP contribution < -0.4 is 5.32 Å². The molecule has 2 aromatic carbocycles. The fourth-order valence-electron chi connectivity index (χ4n) is 2.39. The first-order chi connectivity index (χ1) is 11.3. The normalized spacial score (nSPS) is 11.7. The van der Waals surface area contributed by atoms with Crippen LogP contribution in [-0.4, -0.2) is 11.1 Å². The number of carbonyl (C=O) groups is 1. The number of nitrogens with one attached hydrogen (secondary N) is 2. The van der Waals surface area contributed by atoms with Crippen molar-refractivity contribution in [1.29, 1.82) is 0 Å². The minimum atomic E-state index is -0.447. The Bertz CT molecular complexity index is 725. The molecule has 0 fully saturated rings. The monoisotopic (exact) mass is 306 g/mol. The second kappa shape index (κ2) is 7.31. The van der Waals surface area contributed by atoms with Gasteiger partial charge in [-0.05, 0) is 23.3 Å². The second-order valence-corrected chi connectivity index (χ2v) is 5.18. The lowest BCUT2D eigenvalue weighted by Crippen LogP contribution is -2.30. The van der Waals surface area contributed by atoms with Gasteiger partial charge in [0.15, 0.2) is 0 Å². The van der Waals surface area contributed by atoms with Crippen LogP contribution in [0.3, 0.4) is 0 Å². The molecule has 0 saturated heterocycles. The number of hydrogen-bond acceptors (Lipinski definition) is 2. The van der Waals surface area contributed by atoms with Gasteiger partial charge in [-0.25, -0.2) is 4.79 Å². The first-order valence-corrected chi connectivity index (χ1v) is 7.48. The van der Waals surface area contributed by atoms with Crippen LogP contribution in [0.2, 0.25) is 0 Å². The number of benzene rings is 2. The van der Waals surface area contributed by atoms with E-state index in [1.165, 1.54) is 0 Å². The van der Waals surface area contributed by atoms with Crippen LogP contribution in [0.15, 0.2) is 79.0 Å². The fourth-order valence-corrected chi connectivity index (χ4v) is 2.39. The van der Waals surface area contributed by atoms with Gasteiger partial charge in [-0.15, -0.1) is 0 Å². The number of carbonyl (C=O) groups excluding carboxylic acids is 1. The summed E-state index contributed by atoms with van der Waals surface area (Å²) in [5, 5.41) is 2.91. The molecular weight excluding hydrogens is 288 g/mol. The zero-order chi connectivity index (χ0) is 15.9. The van der Waals surface area contributed by atoms with E-state index < -0.39 is 6.09 Å². The third-order valence-corrected chi connectivity index (χ3v) is 3.54. The molecule has 4 heteroatoms. The molecule has 1 atom stereocenters. The molecule has 116 valence electrons. The van der Waals surface area contributed by atoms with Crippen molar-refractivity contribution in [3.8, 4) is 0 Å². The molecule has 0 spiro atoms. The van der Waals surface area contributed by atoms with E-state index in [2.05, 4.69) is 10.3 Å². The van der Waals surface area contributed by atoms with Crippen molar-refractivity contribution in [3.05, 3.63) is 95.8 Å². The Balaban J connectivity index is 1.68. The van der Waals surface area contributed by atoms with Crippen LogP contribution in [0.4, 0.5) is 4.79 Å². The molecule has 23 heavy (non-hydrogen) atoms. The van der Waals surface area contributed by atoms with Crippen molar-refractivity contribution < 1.29 is 9.53 Å². The zero-order valence-corrected chi connectivity index (χ0v) is 12.6. The maximum atomic E-state index is 12.1. The third kappa shape index (κ3) is 4.01. The van der Waals surface area contributed by atoms with Gasteiger partial charge in [-0.1, -0.05) is 60.7 Å². The molecule has 2 N–H and O–H groups in total. The molecule has 1 heterocycles. The molecule has 4 nitrogen and oxygen atoms in total. The van der Waals surface area contributed by atoms with Crippen molar-refractivity contribution >= 4 is 6.09 Å². The Morgan fingerprint density at radius 2 is 1.65 bits per heavy atom. The second-order valence-electron chi connectivity index (χ2n) is 5.18. The van der Waals surface area contributed by atoms with E-state index >= 15 is 0 Å². The van der Waals surface area contributed by atoms with Gasteiger partial charge in [0.05, 0.1) is 6.04 Å². The molecule has 1 aromatic heterocycles. The summed E-state index contributed by atoms with van der Waals surface area (Å²) in [5.74, 6) is 0. The smallest absolute Gasteiger partial charge is 0.408 e. The molecule has 0 bridgehead atoms. The Hall–Kier alpha value is -3.01. The van der Waals surface area contributed by atoms with E-state index in [4.69, 9.17) is 4.74 Å². The molecular formula is C19H18N2O2. The van der Waals surface area contributed by atoms with Crippen molar-refractivity contribution in [1.82, 2.24) is 10.3 Å². The molecule has 3 aromatic rings. The molecule has 0 aliphatic heterocycles. The summed E-state index contributed by atoms with van der Waals surface area (Å²) >= 11 is 0. The van der Waals surface area contributed by atoms with Crippen molar-refractivity contribution in [2.75, 3.05) is 0 Å². The number of aromatic nitrogens is 1. The average Bonchev–Trinajstić information content (AvgIpc) is 3.14. The number of H-pyrrole nitrogens is 1. The van der Waals surface area contributed by atoms with Crippen LogP contribution in [0.25, 0.3) is 0 Å². The van der Waals surface area contributed by atoms with Crippen LogP contribution in [-0.2, 0) is 11.3 Å². The summed E-state index contributed by atoms with van der Waals surface area (Å²) in [7, 11) is 0. The SMILES string of the molecule is O=C(NC(c1ccccc1)c1ccc[nH]1)OCc1ccccc1. The lowest BCUT2D eigenvalue weighted by atomic mass is 10.0. The molecule has 0 aliphatic carbocycles. The molecule has 0 radical (unpaired) electrons. The highest BCUT2D eigenvalue weighted by Crippen LogP contribution is 2.20. The van der Waals surface area contributed by atoms with E-state index in [1.54, 1.807) is 0 Å². The number of ether oxygens (including phenoxy) is 1. The quantitative estimate of drug-likeness (QED) is 0.747. The predicted molar refractivity (Wildman–Crippen MR) is 88.8 cm³/mol. The summed E-state index contributed by atoms with van der Waals surface area (Å²) in [4.78, 5) is 15.3. The van der Waals surface area contributed by atoms with E-state index in [0.29, 0.717) is 0 Å². The fraction of sp³-hybridized carbons (Fsp3) is 0.105. The summed E-state index contributed by atoms with van der Waals surface area (Å²) in [6, 6.07) is 23.0. The highest BCUT2D eigenvalue weighted by Gasteiger charge is 2.18. The standard InChI is InChI=1S/C19H18N2O2/c22-19(23-14-15-8-3-1-4-9-15)21-18(17-12-7-13-20-17)16-10-5-2-6-11-16/h1-13,18,20H,14H2,(H,21,22). The van der Waals surface area contributed by atoms with Gasteiger partial charge in [-0.2, -0.15) is 0 Å². The lowest BCUT2D eigenvalue weighted by molar-refractivity contribution is 0.137. The maximum absolute atomic E-state index is 12.1. The molecule has 1 unspecified atom stereocenters. The Kier molecular flexibility index (Phi) is 4.74. The van der Waals surface area contributed by atoms with Crippen LogP contribution in [0.5, 0.6) is 0 Å². The molecule has 0 saturated carbocycles. The number of hydrogen-bond donors (Lipinski definition) is 2. The summed E-state index contributed by atoms with van der Waals surface area (Å²) in [6.07, 6.45) is 1.39. The minimum absolute atomic E-state index is 0.249. The Morgan fingerprint density at radius 1 is 0.957 bits per heavy atom. The first kappa shape index (κ1) is 14.9. The Morgan fingerprint density at radius 3 is 2.30 bits per heavy atom. The van der Waals surface area contributed by atoms with Crippen molar-refractivity contribution in [3.63, 3.8) is 0 Å². The van der Waals surface area contributed by atoms with Crippen LogP contribution in [0, 0.1) is 0 Å². The highest BCUT2D eigenvalue weighted by atomic mass is 16.5. The number of amides is 1. The van der Waals surface area contributed by atoms with Crippen LogP contribution >= 0.6 is 0 Å². The summed E-state index contributed by atoms with van der Waals surface area (Å²) < 4.78 is 5.31. The minimum Gasteiger partial charge on any atom is -0.445 e. The van der Waals surface area contributed by atoms with Gasteiger partial charge >= 0.3 is 6.09 Å². The summed E-state index contributed by atoms with van der Waals surface area (Å²) in [5.41, 5.74) is 2.86.